The summed E-state index contributed by atoms with van der Waals surface area (Å²) in [6.07, 6.45) is -2.23. The number of aromatic nitrogens is 1. The Morgan fingerprint density at radius 3 is 2.57 bits per heavy atom. The summed E-state index contributed by atoms with van der Waals surface area (Å²) >= 11 is 1.36. The zero-order valence-corrected chi connectivity index (χ0v) is 8.63. The molecule has 0 radical (unpaired) electrons. The maximum Gasteiger partial charge on any atom is 0.341 e. The van der Waals surface area contributed by atoms with Crippen LogP contribution in [0.15, 0.2) is 6.20 Å². The maximum absolute atomic E-state index is 12.8. The summed E-state index contributed by atoms with van der Waals surface area (Å²) in [5.74, 6) is -2.87. The van der Waals surface area contributed by atoms with E-state index in [0.717, 1.165) is 0 Å². The molecule has 0 bridgehead atoms. The molecule has 0 amide bonds. The van der Waals surface area contributed by atoms with Gasteiger partial charge in [-0.2, -0.15) is 4.39 Å². The predicted molar refractivity (Wildman–Crippen MR) is 48.8 cm³/mol. The van der Waals surface area contributed by atoms with Crippen LogP contribution in [-0.4, -0.2) is 16.1 Å². The van der Waals surface area contributed by atoms with E-state index in [1.165, 1.54) is 22.6 Å². The van der Waals surface area contributed by atoms with Crippen molar-refractivity contribution in [3.05, 3.63) is 26.8 Å². The van der Waals surface area contributed by atoms with Gasteiger partial charge >= 0.3 is 5.97 Å². The quantitative estimate of drug-likeness (QED) is 0.673. The number of nitrogens with zero attached hydrogens (tertiary/aromatic N) is 1. The van der Waals surface area contributed by atoms with Gasteiger partial charge in [0.25, 0.3) is 6.43 Å². The van der Waals surface area contributed by atoms with E-state index in [0.29, 0.717) is 6.20 Å². The molecule has 0 aromatic carbocycles. The van der Waals surface area contributed by atoms with Crippen molar-refractivity contribution < 1.29 is 23.1 Å². The van der Waals surface area contributed by atoms with Crippen molar-refractivity contribution in [2.24, 2.45) is 0 Å². The molecule has 0 saturated carbocycles. The number of aromatic carboxylic acids is 1. The zero-order chi connectivity index (χ0) is 10.9. The lowest BCUT2D eigenvalue weighted by atomic mass is 10.2. The SMILES string of the molecule is O=C(O)c1c(F)ncc(C(F)F)c1I. The molecule has 76 valence electrons. The van der Waals surface area contributed by atoms with Crippen LogP contribution in [0.4, 0.5) is 13.2 Å². The minimum atomic E-state index is -2.87. The van der Waals surface area contributed by atoms with Gasteiger partial charge in [-0.25, -0.2) is 18.6 Å². The molecule has 0 aliphatic rings. The summed E-state index contributed by atoms with van der Waals surface area (Å²) in [6, 6.07) is 0. The van der Waals surface area contributed by atoms with Crippen LogP contribution in [0.3, 0.4) is 0 Å². The van der Waals surface area contributed by atoms with E-state index in [1.807, 2.05) is 0 Å². The standard InChI is InChI=1S/C7H3F3INO2/c8-5(9)2-1-12-6(10)3(4(2)11)7(13)14/h1,5H,(H,13,14). The van der Waals surface area contributed by atoms with Gasteiger partial charge in [-0.3, -0.25) is 0 Å². The molecular formula is C7H3F3INO2. The van der Waals surface area contributed by atoms with Crippen LogP contribution in [-0.2, 0) is 0 Å². The average Bonchev–Trinajstić information content (AvgIpc) is 2.02. The van der Waals surface area contributed by atoms with E-state index < -0.39 is 29.5 Å². The number of carboxylic acid groups (broad SMARTS) is 1. The Balaban J connectivity index is 3.41. The number of alkyl halides is 2. The Hall–Kier alpha value is -0.860. The summed E-state index contributed by atoms with van der Waals surface area (Å²) in [6.45, 7) is 0. The molecule has 1 heterocycles. The van der Waals surface area contributed by atoms with Crippen molar-refractivity contribution in [2.75, 3.05) is 0 Å². The van der Waals surface area contributed by atoms with Crippen molar-refractivity contribution in [2.45, 2.75) is 6.43 Å². The number of rotatable bonds is 2. The lowest BCUT2D eigenvalue weighted by molar-refractivity contribution is 0.0688. The van der Waals surface area contributed by atoms with Crippen molar-refractivity contribution >= 4 is 28.6 Å². The third-order valence-corrected chi connectivity index (χ3v) is 2.61. The first-order valence-corrected chi connectivity index (χ1v) is 4.38. The van der Waals surface area contributed by atoms with Gasteiger partial charge in [0, 0.05) is 9.77 Å². The number of carboxylic acids is 1. The highest BCUT2D eigenvalue weighted by molar-refractivity contribution is 14.1. The third-order valence-electron chi connectivity index (χ3n) is 1.45. The molecule has 1 aromatic heterocycles. The van der Waals surface area contributed by atoms with Crippen LogP contribution in [0.25, 0.3) is 0 Å². The second kappa shape index (κ2) is 4.11. The van der Waals surface area contributed by atoms with E-state index in [1.54, 1.807) is 0 Å². The largest absolute Gasteiger partial charge is 0.477 e. The molecule has 1 aromatic rings. The van der Waals surface area contributed by atoms with E-state index >= 15 is 0 Å². The van der Waals surface area contributed by atoms with Crippen molar-refractivity contribution in [3.8, 4) is 0 Å². The topological polar surface area (TPSA) is 50.2 Å². The minimum Gasteiger partial charge on any atom is -0.477 e. The van der Waals surface area contributed by atoms with Crippen LogP contribution in [0, 0.1) is 9.52 Å². The van der Waals surface area contributed by atoms with Gasteiger partial charge in [0.1, 0.15) is 5.56 Å². The summed E-state index contributed by atoms with van der Waals surface area (Å²) in [5.41, 5.74) is -1.40. The number of carbonyl (C=O) groups is 1. The van der Waals surface area contributed by atoms with Crippen LogP contribution in [0.1, 0.15) is 22.3 Å². The maximum atomic E-state index is 12.8. The summed E-state index contributed by atoms with van der Waals surface area (Å²) in [5, 5.41) is 8.52. The Kier molecular flexibility index (Phi) is 3.29. The number of halogens is 4. The van der Waals surface area contributed by atoms with Gasteiger partial charge in [0.05, 0.1) is 5.56 Å². The average molecular weight is 317 g/mol. The Morgan fingerprint density at radius 2 is 2.14 bits per heavy atom. The second-order valence-electron chi connectivity index (χ2n) is 2.30. The monoisotopic (exact) mass is 317 g/mol. The lowest BCUT2D eigenvalue weighted by Crippen LogP contribution is -2.08. The summed E-state index contributed by atoms with van der Waals surface area (Å²) in [7, 11) is 0. The highest BCUT2D eigenvalue weighted by atomic mass is 127. The zero-order valence-electron chi connectivity index (χ0n) is 6.47. The van der Waals surface area contributed by atoms with Crippen molar-refractivity contribution in [1.29, 1.82) is 0 Å². The molecule has 0 atom stereocenters. The first kappa shape index (κ1) is 11.2. The smallest absolute Gasteiger partial charge is 0.341 e. The highest BCUT2D eigenvalue weighted by Gasteiger charge is 2.22. The number of pyridine rings is 1. The van der Waals surface area contributed by atoms with Gasteiger partial charge in [0.15, 0.2) is 0 Å². The summed E-state index contributed by atoms with van der Waals surface area (Å²) in [4.78, 5) is 13.4. The predicted octanol–water partition coefficient (Wildman–Crippen LogP) is 2.46. The molecule has 0 unspecified atom stereocenters. The van der Waals surface area contributed by atoms with Crippen LogP contribution in [0.2, 0.25) is 0 Å². The molecule has 7 heteroatoms. The van der Waals surface area contributed by atoms with Crippen LogP contribution < -0.4 is 0 Å². The minimum absolute atomic E-state index is 0.322. The number of hydrogen-bond acceptors (Lipinski definition) is 2. The Labute approximate surface area is 90.1 Å². The fourth-order valence-electron chi connectivity index (χ4n) is 0.817. The van der Waals surface area contributed by atoms with E-state index in [-0.39, 0.29) is 3.57 Å². The van der Waals surface area contributed by atoms with Gasteiger partial charge < -0.3 is 5.11 Å². The Bertz CT molecular complexity index is 383. The molecule has 0 fully saturated rings. The molecule has 0 aliphatic carbocycles. The molecule has 3 nitrogen and oxygen atoms in total. The van der Waals surface area contributed by atoms with E-state index in [2.05, 4.69) is 4.98 Å². The summed E-state index contributed by atoms with van der Waals surface area (Å²) < 4.78 is 37.0. The van der Waals surface area contributed by atoms with Crippen LogP contribution >= 0.6 is 22.6 Å². The molecule has 0 aliphatic heterocycles. The second-order valence-corrected chi connectivity index (χ2v) is 3.38. The van der Waals surface area contributed by atoms with Gasteiger partial charge in [-0.1, -0.05) is 0 Å². The fourth-order valence-corrected chi connectivity index (χ4v) is 1.64. The molecule has 14 heavy (non-hydrogen) atoms. The lowest BCUT2D eigenvalue weighted by Gasteiger charge is -2.05. The van der Waals surface area contributed by atoms with Crippen LogP contribution in [0.5, 0.6) is 0 Å². The van der Waals surface area contributed by atoms with E-state index in [9.17, 15) is 18.0 Å². The first-order valence-electron chi connectivity index (χ1n) is 3.30. The number of hydrogen-bond donors (Lipinski definition) is 1. The molecule has 1 N–H and O–H groups in total. The Morgan fingerprint density at radius 1 is 1.57 bits per heavy atom. The first-order chi connectivity index (χ1) is 6.45. The van der Waals surface area contributed by atoms with Gasteiger partial charge in [-0.15, -0.1) is 0 Å². The molecule has 0 saturated heterocycles. The highest BCUT2D eigenvalue weighted by Crippen LogP contribution is 2.27. The van der Waals surface area contributed by atoms with Crippen molar-refractivity contribution in [1.82, 2.24) is 4.98 Å². The molecular weight excluding hydrogens is 314 g/mol. The van der Waals surface area contributed by atoms with Gasteiger partial charge in [0.2, 0.25) is 5.95 Å². The fraction of sp³-hybridized carbons (Fsp3) is 0.143. The molecule has 1 rings (SSSR count). The normalized spacial score (nSPS) is 10.6. The third kappa shape index (κ3) is 1.97. The van der Waals surface area contributed by atoms with Crippen molar-refractivity contribution in [3.63, 3.8) is 0 Å². The van der Waals surface area contributed by atoms with Gasteiger partial charge in [-0.05, 0) is 22.6 Å². The van der Waals surface area contributed by atoms with E-state index in [4.69, 9.17) is 5.11 Å². The molecule has 0 spiro atoms.